The molecule has 2 N–H and O–H groups in total. The summed E-state index contributed by atoms with van der Waals surface area (Å²) < 4.78 is 0. The number of amides is 3. The lowest BCUT2D eigenvalue weighted by atomic mass is 9.86. The maximum absolute atomic E-state index is 13.1. The van der Waals surface area contributed by atoms with Crippen LogP contribution in [0.1, 0.15) is 42.6 Å². The fraction of sp³-hybridized carbons (Fsp3) is 0.346. The van der Waals surface area contributed by atoms with Crippen molar-refractivity contribution in [2.45, 2.75) is 45.1 Å². The molecule has 2 saturated heterocycles. The molecule has 1 aromatic carbocycles. The monoisotopic (exact) mass is 486 g/mol. The number of aryl methyl sites for hydroxylation is 2. The van der Waals surface area contributed by atoms with Gasteiger partial charge in [-0.25, -0.2) is 9.78 Å². The molecule has 0 aliphatic carbocycles. The Morgan fingerprint density at radius 3 is 2.51 bits per heavy atom. The Balaban J connectivity index is 1.41. The van der Waals surface area contributed by atoms with Gasteiger partial charge in [0.05, 0.1) is 22.2 Å². The molecule has 5 rings (SSSR count). The molecule has 178 valence electrons. The number of carbonyl (C=O) groups excluding carboxylic acids is 2. The zero-order valence-electron chi connectivity index (χ0n) is 19.7. The molecule has 3 amide bonds. The highest BCUT2D eigenvalue weighted by Crippen LogP contribution is 2.40. The summed E-state index contributed by atoms with van der Waals surface area (Å²) in [6.45, 7) is 5.08. The molecule has 2 fully saturated rings. The number of rotatable bonds is 3. The van der Waals surface area contributed by atoms with Gasteiger partial charge in [-0.2, -0.15) is 5.26 Å². The number of thiazole rings is 1. The molecule has 3 aromatic rings. The normalized spacial score (nSPS) is 16.7. The van der Waals surface area contributed by atoms with Crippen molar-refractivity contribution < 1.29 is 9.59 Å². The summed E-state index contributed by atoms with van der Waals surface area (Å²) in [4.78, 5) is 36.7. The Bertz CT molecular complexity index is 1330. The number of likely N-dealkylation sites (tertiary alicyclic amines) is 1. The third kappa shape index (κ3) is 4.75. The Morgan fingerprint density at radius 1 is 1.11 bits per heavy atom. The lowest BCUT2D eigenvalue weighted by Gasteiger charge is -2.38. The van der Waals surface area contributed by atoms with Crippen LogP contribution in [0.15, 0.2) is 36.4 Å². The molecule has 2 aromatic heterocycles. The van der Waals surface area contributed by atoms with E-state index in [9.17, 15) is 14.9 Å². The predicted molar refractivity (Wildman–Crippen MR) is 135 cm³/mol. The average molecular weight is 487 g/mol. The third-order valence-corrected chi connectivity index (χ3v) is 7.71. The van der Waals surface area contributed by atoms with Crippen LogP contribution in [0.3, 0.4) is 0 Å². The molecule has 2 aliphatic heterocycles. The van der Waals surface area contributed by atoms with Crippen molar-refractivity contribution in [2.24, 2.45) is 0 Å². The van der Waals surface area contributed by atoms with Crippen molar-refractivity contribution in [1.82, 2.24) is 20.2 Å². The van der Waals surface area contributed by atoms with Crippen molar-refractivity contribution in [3.8, 4) is 27.8 Å². The number of nitrogens with one attached hydrogen (secondary N) is 2. The summed E-state index contributed by atoms with van der Waals surface area (Å²) in [5.41, 5.74) is 4.71. The molecular weight excluding hydrogens is 460 g/mol. The lowest BCUT2D eigenvalue weighted by Crippen LogP contribution is -2.52. The topological polar surface area (TPSA) is 111 Å². The summed E-state index contributed by atoms with van der Waals surface area (Å²) in [6, 6.07) is 13.3. The van der Waals surface area contributed by atoms with Crippen LogP contribution in [0, 0.1) is 25.2 Å². The molecule has 4 heterocycles. The van der Waals surface area contributed by atoms with Crippen LogP contribution in [-0.4, -0.2) is 45.4 Å². The van der Waals surface area contributed by atoms with Crippen LogP contribution in [0.4, 0.5) is 9.93 Å². The van der Waals surface area contributed by atoms with Gasteiger partial charge in [0.15, 0.2) is 5.13 Å². The van der Waals surface area contributed by atoms with E-state index < -0.39 is 0 Å². The van der Waals surface area contributed by atoms with Gasteiger partial charge in [0.1, 0.15) is 0 Å². The molecule has 35 heavy (non-hydrogen) atoms. The van der Waals surface area contributed by atoms with Crippen molar-refractivity contribution in [1.29, 1.82) is 5.26 Å². The number of benzene rings is 1. The van der Waals surface area contributed by atoms with E-state index in [-0.39, 0.29) is 17.5 Å². The fourth-order valence-electron chi connectivity index (χ4n) is 4.92. The van der Waals surface area contributed by atoms with Gasteiger partial charge < -0.3 is 10.2 Å². The van der Waals surface area contributed by atoms with Gasteiger partial charge in [-0.05, 0) is 62.9 Å². The van der Waals surface area contributed by atoms with E-state index in [1.165, 1.54) is 11.3 Å². The highest BCUT2D eigenvalue weighted by molar-refractivity contribution is 7.19. The molecule has 1 spiro atoms. The quantitative estimate of drug-likeness (QED) is 0.560. The number of pyridine rings is 1. The van der Waals surface area contributed by atoms with Crippen molar-refractivity contribution in [3.05, 3.63) is 53.3 Å². The second kappa shape index (κ2) is 9.12. The Hall–Kier alpha value is -3.77. The lowest BCUT2D eigenvalue weighted by molar-refractivity contribution is -0.120. The molecular formula is C26H26N6O2S. The number of urea groups is 1. The predicted octanol–water partition coefficient (Wildman–Crippen LogP) is 4.64. The van der Waals surface area contributed by atoms with Gasteiger partial charge in [0.2, 0.25) is 5.91 Å². The number of carbonyl (C=O) groups is 2. The average Bonchev–Trinajstić information content (AvgIpc) is 3.42. The minimum atomic E-state index is -0.191. The van der Waals surface area contributed by atoms with E-state index in [1.54, 1.807) is 11.0 Å². The van der Waals surface area contributed by atoms with Gasteiger partial charge in [-0.3, -0.25) is 15.1 Å². The van der Waals surface area contributed by atoms with E-state index in [1.807, 2.05) is 44.2 Å². The standard InChI is InChI=1S/C26H26N6O2S/c1-16-12-20(13-17(2)28-16)23-22(19-5-3-4-18(14-19)15-27)29-24(35-23)30-25(34)32-10-8-26(9-11-32)7-6-21(33)31-26/h3-5,12-14H,6-11H2,1-2H3,(H,31,33)(H,29,30,34). The number of nitrogens with zero attached hydrogens (tertiary/aromatic N) is 4. The first-order valence-electron chi connectivity index (χ1n) is 11.7. The molecule has 2 aliphatic rings. The molecule has 8 nitrogen and oxygen atoms in total. The first-order valence-corrected chi connectivity index (χ1v) is 12.5. The summed E-state index contributed by atoms with van der Waals surface area (Å²) in [7, 11) is 0. The first-order chi connectivity index (χ1) is 16.8. The van der Waals surface area contributed by atoms with Crippen LogP contribution < -0.4 is 10.6 Å². The Kier molecular flexibility index (Phi) is 5.99. The van der Waals surface area contributed by atoms with Crippen molar-refractivity contribution >= 4 is 28.4 Å². The van der Waals surface area contributed by atoms with Gasteiger partial charge in [-0.15, -0.1) is 0 Å². The van der Waals surface area contributed by atoms with Crippen LogP contribution in [0.5, 0.6) is 0 Å². The largest absolute Gasteiger partial charge is 0.351 e. The van der Waals surface area contributed by atoms with Crippen molar-refractivity contribution in [2.75, 3.05) is 18.4 Å². The minimum absolute atomic E-state index is 0.104. The maximum atomic E-state index is 13.1. The molecule has 0 saturated carbocycles. The summed E-state index contributed by atoms with van der Waals surface area (Å²) in [6.07, 6.45) is 2.93. The minimum Gasteiger partial charge on any atom is -0.351 e. The summed E-state index contributed by atoms with van der Waals surface area (Å²) in [5, 5.41) is 16.0. The number of aromatic nitrogens is 2. The molecule has 0 bridgehead atoms. The van der Waals surface area contributed by atoms with Gasteiger partial charge in [0.25, 0.3) is 0 Å². The second-order valence-corrected chi connectivity index (χ2v) is 10.3. The SMILES string of the molecule is Cc1cc(-c2sc(NC(=O)N3CCC4(CCC(=O)N4)CC3)nc2-c2cccc(C#N)c2)cc(C)n1. The Labute approximate surface area is 208 Å². The van der Waals surface area contributed by atoms with E-state index >= 15 is 0 Å². The summed E-state index contributed by atoms with van der Waals surface area (Å²) >= 11 is 1.41. The van der Waals surface area contributed by atoms with E-state index in [0.29, 0.717) is 30.2 Å². The third-order valence-electron chi connectivity index (χ3n) is 6.69. The van der Waals surface area contributed by atoms with Crippen molar-refractivity contribution in [3.63, 3.8) is 0 Å². The second-order valence-electron chi connectivity index (χ2n) is 9.27. The highest BCUT2D eigenvalue weighted by Gasteiger charge is 2.41. The fourth-order valence-corrected chi connectivity index (χ4v) is 5.89. The number of anilines is 1. The van der Waals surface area contributed by atoms with E-state index in [4.69, 9.17) is 4.98 Å². The molecule has 0 atom stereocenters. The van der Waals surface area contributed by atoms with Crippen LogP contribution in [0.25, 0.3) is 21.7 Å². The number of nitriles is 1. The summed E-state index contributed by atoms with van der Waals surface area (Å²) in [5.74, 6) is 0.104. The number of hydrogen-bond acceptors (Lipinski definition) is 6. The van der Waals surface area contributed by atoms with Gasteiger partial charge >= 0.3 is 6.03 Å². The van der Waals surface area contributed by atoms with Crippen LogP contribution in [0.2, 0.25) is 0 Å². The maximum Gasteiger partial charge on any atom is 0.323 e. The van der Waals surface area contributed by atoms with E-state index in [0.717, 1.165) is 52.3 Å². The van der Waals surface area contributed by atoms with Crippen LogP contribution in [-0.2, 0) is 4.79 Å². The molecule has 0 radical (unpaired) electrons. The Morgan fingerprint density at radius 2 is 1.86 bits per heavy atom. The zero-order valence-corrected chi connectivity index (χ0v) is 20.5. The van der Waals surface area contributed by atoms with Gasteiger partial charge in [0, 0.05) is 42.0 Å². The number of piperidine rings is 1. The smallest absolute Gasteiger partial charge is 0.323 e. The first kappa shape index (κ1) is 23.0. The highest BCUT2D eigenvalue weighted by atomic mass is 32.1. The molecule has 0 unspecified atom stereocenters. The van der Waals surface area contributed by atoms with Gasteiger partial charge in [-0.1, -0.05) is 23.5 Å². The molecule has 9 heteroatoms. The number of hydrogen-bond donors (Lipinski definition) is 2. The van der Waals surface area contributed by atoms with Crippen LogP contribution >= 0.6 is 11.3 Å². The zero-order chi connectivity index (χ0) is 24.6. The van der Waals surface area contributed by atoms with E-state index in [2.05, 4.69) is 21.7 Å².